The first-order valence-corrected chi connectivity index (χ1v) is 7.32. The second-order valence-corrected chi connectivity index (χ2v) is 6.52. The van der Waals surface area contributed by atoms with Gasteiger partial charge in [-0.2, -0.15) is 4.31 Å². The average Bonchev–Trinajstić information content (AvgIpc) is 2.85. The number of sulfonamides is 1. The van der Waals surface area contributed by atoms with Gasteiger partial charge < -0.3 is 5.32 Å². The summed E-state index contributed by atoms with van der Waals surface area (Å²) in [7, 11) is -2.25. The maximum atomic E-state index is 13.9. The van der Waals surface area contributed by atoms with E-state index < -0.39 is 15.8 Å². The second-order valence-electron chi connectivity index (χ2n) is 4.55. The minimum Gasteiger partial charge on any atom is -0.315 e. The summed E-state index contributed by atoms with van der Waals surface area (Å²) in [6, 6.07) is 4.34. The molecule has 0 aliphatic carbocycles. The highest BCUT2D eigenvalue weighted by molar-refractivity contribution is 7.89. The number of likely N-dealkylation sites (N-methyl/N-ethyl adjacent to an activating group) is 1. The van der Waals surface area contributed by atoms with Crippen LogP contribution in [0.5, 0.6) is 0 Å². The highest BCUT2D eigenvalue weighted by atomic mass is 35.5. The Labute approximate surface area is 119 Å². The first kappa shape index (κ1) is 16.4. The molecule has 19 heavy (non-hydrogen) atoms. The van der Waals surface area contributed by atoms with Gasteiger partial charge in [0.05, 0.1) is 0 Å². The fourth-order valence-electron chi connectivity index (χ4n) is 2.12. The lowest BCUT2D eigenvalue weighted by Gasteiger charge is -2.23. The Hall–Kier alpha value is -0.690. The smallest absolute Gasteiger partial charge is 0.246 e. The lowest BCUT2D eigenvalue weighted by molar-refractivity contribution is 0.385. The Morgan fingerprint density at radius 2 is 2.11 bits per heavy atom. The summed E-state index contributed by atoms with van der Waals surface area (Å²) >= 11 is 0. The molecule has 1 N–H and O–H groups in total. The minimum absolute atomic E-state index is 0. The van der Waals surface area contributed by atoms with Crippen molar-refractivity contribution in [2.75, 3.05) is 20.1 Å². The van der Waals surface area contributed by atoms with Gasteiger partial charge in [0.25, 0.3) is 0 Å². The molecule has 0 bridgehead atoms. The van der Waals surface area contributed by atoms with Gasteiger partial charge in [-0.15, -0.1) is 12.4 Å². The van der Waals surface area contributed by atoms with Crippen LogP contribution in [0.1, 0.15) is 12.0 Å². The van der Waals surface area contributed by atoms with Crippen molar-refractivity contribution in [2.45, 2.75) is 24.3 Å². The molecule has 1 aromatic carbocycles. The van der Waals surface area contributed by atoms with E-state index >= 15 is 0 Å². The first-order valence-electron chi connectivity index (χ1n) is 5.88. The molecule has 1 aromatic rings. The number of aryl methyl sites for hydroxylation is 1. The molecule has 1 fully saturated rings. The van der Waals surface area contributed by atoms with Gasteiger partial charge in [0.1, 0.15) is 10.7 Å². The van der Waals surface area contributed by atoms with Gasteiger partial charge in [-0.25, -0.2) is 12.8 Å². The van der Waals surface area contributed by atoms with Crippen molar-refractivity contribution in [1.29, 1.82) is 0 Å². The Balaban J connectivity index is 0.00000180. The number of benzene rings is 1. The van der Waals surface area contributed by atoms with Gasteiger partial charge in [0, 0.05) is 19.6 Å². The largest absolute Gasteiger partial charge is 0.315 e. The van der Waals surface area contributed by atoms with Crippen LogP contribution in [0.2, 0.25) is 0 Å². The van der Waals surface area contributed by atoms with E-state index in [4.69, 9.17) is 0 Å². The summed E-state index contributed by atoms with van der Waals surface area (Å²) in [5, 5.41) is 3.10. The van der Waals surface area contributed by atoms with Crippen molar-refractivity contribution in [2.24, 2.45) is 0 Å². The molecular weight excluding hydrogens is 291 g/mol. The van der Waals surface area contributed by atoms with Crippen LogP contribution in [0.15, 0.2) is 23.1 Å². The Bertz CT molecular complexity index is 545. The van der Waals surface area contributed by atoms with Gasteiger partial charge in [0.2, 0.25) is 10.0 Å². The van der Waals surface area contributed by atoms with Crippen LogP contribution < -0.4 is 5.32 Å². The number of hydrogen-bond donors (Lipinski definition) is 1. The number of halogens is 2. The Morgan fingerprint density at radius 3 is 2.68 bits per heavy atom. The SMILES string of the molecule is Cc1cccc(S(=O)(=O)N(C)C2CCNC2)c1F.Cl. The molecule has 0 aromatic heterocycles. The molecular formula is C12H18ClFN2O2S. The van der Waals surface area contributed by atoms with E-state index in [0.717, 1.165) is 13.0 Å². The van der Waals surface area contributed by atoms with E-state index in [-0.39, 0.29) is 23.3 Å². The topological polar surface area (TPSA) is 49.4 Å². The maximum Gasteiger partial charge on any atom is 0.246 e. The van der Waals surface area contributed by atoms with Crippen LogP contribution in [0.3, 0.4) is 0 Å². The van der Waals surface area contributed by atoms with Crippen molar-refractivity contribution in [3.05, 3.63) is 29.6 Å². The summed E-state index contributed by atoms with van der Waals surface area (Å²) < 4.78 is 39.9. The second kappa shape index (κ2) is 6.17. The molecule has 4 nitrogen and oxygen atoms in total. The molecule has 1 aliphatic heterocycles. The van der Waals surface area contributed by atoms with E-state index in [1.807, 2.05) is 0 Å². The highest BCUT2D eigenvalue weighted by Gasteiger charge is 2.31. The Kier molecular flexibility index (Phi) is 5.32. The van der Waals surface area contributed by atoms with Gasteiger partial charge >= 0.3 is 0 Å². The molecule has 2 rings (SSSR count). The predicted octanol–water partition coefficient (Wildman–Crippen LogP) is 1.54. The van der Waals surface area contributed by atoms with Crippen LogP contribution >= 0.6 is 12.4 Å². The number of hydrogen-bond acceptors (Lipinski definition) is 3. The summed E-state index contributed by atoms with van der Waals surface area (Å²) in [4.78, 5) is -0.239. The lowest BCUT2D eigenvalue weighted by Crippen LogP contribution is -2.38. The molecule has 1 heterocycles. The van der Waals surface area contributed by atoms with Gasteiger partial charge in [-0.1, -0.05) is 12.1 Å². The minimum atomic E-state index is -3.76. The van der Waals surface area contributed by atoms with E-state index in [1.165, 1.54) is 17.4 Å². The van der Waals surface area contributed by atoms with Crippen LogP contribution in [-0.4, -0.2) is 38.9 Å². The van der Waals surface area contributed by atoms with Gasteiger partial charge in [-0.05, 0) is 31.5 Å². The third-order valence-corrected chi connectivity index (χ3v) is 5.29. The maximum absolute atomic E-state index is 13.9. The standard InChI is InChI=1S/C12H17FN2O2S.ClH/c1-9-4-3-5-11(12(9)13)18(16,17)15(2)10-6-7-14-8-10;/h3-5,10,14H,6-8H2,1-2H3;1H. The van der Waals surface area contributed by atoms with Crippen molar-refractivity contribution < 1.29 is 12.8 Å². The van der Waals surface area contributed by atoms with Crippen LogP contribution in [0, 0.1) is 12.7 Å². The molecule has 1 saturated heterocycles. The third kappa shape index (κ3) is 3.08. The molecule has 108 valence electrons. The fourth-order valence-corrected chi connectivity index (χ4v) is 3.64. The van der Waals surface area contributed by atoms with Crippen molar-refractivity contribution in [3.8, 4) is 0 Å². The molecule has 0 spiro atoms. The van der Waals surface area contributed by atoms with Crippen molar-refractivity contribution in [1.82, 2.24) is 9.62 Å². The normalized spacial score (nSPS) is 19.5. The molecule has 0 saturated carbocycles. The van der Waals surface area contributed by atoms with E-state index in [0.29, 0.717) is 12.1 Å². The quantitative estimate of drug-likeness (QED) is 0.921. The molecule has 1 aliphatic rings. The summed E-state index contributed by atoms with van der Waals surface area (Å²) in [5.41, 5.74) is 0.342. The molecule has 0 amide bonds. The third-order valence-electron chi connectivity index (χ3n) is 3.36. The van der Waals surface area contributed by atoms with E-state index in [1.54, 1.807) is 19.1 Å². The number of nitrogens with one attached hydrogen (secondary N) is 1. The van der Waals surface area contributed by atoms with Crippen molar-refractivity contribution >= 4 is 22.4 Å². The van der Waals surface area contributed by atoms with Crippen LogP contribution in [0.4, 0.5) is 4.39 Å². The number of nitrogens with zero attached hydrogens (tertiary/aromatic N) is 1. The molecule has 1 atom stereocenters. The molecule has 0 radical (unpaired) electrons. The summed E-state index contributed by atoms with van der Waals surface area (Å²) in [6.45, 7) is 2.97. The average molecular weight is 309 g/mol. The summed E-state index contributed by atoms with van der Waals surface area (Å²) in [5.74, 6) is -0.657. The zero-order valence-electron chi connectivity index (χ0n) is 10.9. The lowest BCUT2D eigenvalue weighted by atomic mass is 10.2. The van der Waals surface area contributed by atoms with Crippen molar-refractivity contribution in [3.63, 3.8) is 0 Å². The summed E-state index contributed by atoms with van der Waals surface area (Å²) in [6.07, 6.45) is 0.753. The zero-order valence-corrected chi connectivity index (χ0v) is 12.5. The highest BCUT2D eigenvalue weighted by Crippen LogP contribution is 2.23. The van der Waals surface area contributed by atoms with Gasteiger partial charge in [0.15, 0.2) is 0 Å². The number of rotatable bonds is 3. The Morgan fingerprint density at radius 1 is 1.42 bits per heavy atom. The first-order chi connectivity index (χ1) is 8.44. The zero-order chi connectivity index (χ0) is 13.3. The monoisotopic (exact) mass is 308 g/mol. The van der Waals surface area contributed by atoms with Crippen LogP contribution in [-0.2, 0) is 10.0 Å². The van der Waals surface area contributed by atoms with Gasteiger partial charge in [-0.3, -0.25) is 0 Å². The van der Waals surface area contributed by atoms with E-state index in [9.17, 15) is 12.8 Å². The van der Waals surface area contributed by atoms with E-state index in [2.05, 4.69) is 5.32 Å². The fraction of sp³-hybridized carbons (Fsp3) is 0.500. The predicted molar refractivity (Wildman–Crippen MR) is 74.6 cm³/mol. The molecule has 1 unspecified atom stereocenters. The van der Waals surface area contributed by atoms with Crippen LogP contribution in [0.25, 0.3) is 0 Å². The molecule has 7 heteroatoms.